The molecule has 3 aliphatic rings. The summed E-state index contributed by atoms with van der Waals surface area (Å²) in [4.78, 5) is 38.2. The normalized spacial score (nSPS) is 36.7. The van der Waals surface area contributed by atoms with Crippen LogP contribution >= 0.6 is 0 Å². The van der Waals surface area contributed by atoms with E-state index in [1.807, 2.05) is 12.2 Å². The molecule has 1 saturated carbocycles. The minimum Gasteiger partial charge on any atom is -0.479 e. The molecule has 2 fully saturated rings. The van der Waals surface area contributed by atoms with E-state index in [1.165, 1.54) is 4.90 Å². The molecule has 1 aliphatic carbocycles. The summed E-state index contributed by atoms with van der Waals surface area (Å²) < 4.78 is 0. The van der Waals surface area contributed by atoms with E-state index in [4.69, 9.17) is 0 Å². The SMILES string of the molecule is O=C1NC2(C(=O)O)CC2C=CCCCCCCC(=O)N2CC(O)CC12. The van der Waals surface area contributed by atoms with E-state index < -0.39 is 29.6 Å². The average molecular weight is 350 g/mol. The van der Waals surface area contributed by atoms with Crippen LogP contribution in [0.15, 0.2) is 12.2 Å². The fraction of sp³-hybridized carbons (Fsp3) is 0.722. The van der Waals surface area contributed by atoms with Crippen molar-refractivity contribution in [3.05, 3.63) is 12.2 Å². The molecular formula is C18H26N2O5. The van der Waals surface area contributed by atoms with Gasteiger partial charge in [0.25, 0.3) is 0 Å². The van der Waals surface area contributed by atoms with Gasteiger partial charge in [-0.05, 0) is 25.7 Å². The van der Waals surface area contributed by atoms with Crippen LogP contribution in [0.4, 0.5) is 0 Å². The lowest BCUT2D eigenvalue weighted by atomic mass is 10.1. The van der Waals surface area contributed by atoms with Crippen LogP contribution in [-0.2, 0) is 14.4 Å². The highest BCUT2D eigenvalue weighted by Gasteiger charge is 2.61. The fourth-order valence-corrected chi connectivity index (χ4v) is 3.90. The molecule has 0 aromatic rings. The number of nitrogens with one attached hydrogen (secondary N) is 1. The molecule has 0 radical (unpaired) electrons. The molecule has 2 aliphatic heterocycles. The lowest BCUT2D eigenvalue weighted by molar-refractivity contribution is -0.145. The molecule has 0 bridgehead atoms. The van der Waals surface area contributed by atoms with Gasteiger partial charge in [-0.25, -0.2) is 4.79 Å². The number of carboxylic acids is 1. The van der Waals surface area contributed by atoms with Crippen LogP contribution in [0.5, 0.6) is 0 Å². The Morgan fingerprint density at radius 3 is 2.76 bits per heavy atom. The highest BCUT2D eigenvalue weighted by Crippen LogP contribution is 2.45. The predicted molar refractivity (Wildman–Crippen MR) is 89.6 cm³/mol. The molecule has 0 spiro atoms. The van der Waals surface area contributed by atoms with Gasteiger partial charge in [0.2, 0.25) is 11.8 Å². The van der Waals surface area contributed by atoms with Gasteiger partial charge in [0.05, 0.1) is 6.10 Å². The molecule has 4 atom stereocenters. The molecule has 2 heterocycles. The highest BCUT2D eigenvalue weighted by molar-refractivity contribution is 5.94. The lowest BCUT2D eigenvalue weighted by Gasteiger charge is -2.25. The van der Waals surface area contributed by atoms with Crippen molar-refractivity contribution in [3.8, 4) is 0 Å². The number of fused-ring (bicyclic) bond motifs is 2. The maximum atomic E-state index is 12.7. The van der Waals surface area contributed by atoms with Crippen LogP contribution in [0, 0.1) is 5.92 Å². The number of aliphatic carboxylic acids is 1. The third kappa shape index (κ3) is 3.71. The minimum atomic E-state index is -1.27. The van der Waals surface area contributed by atoms with E-state index in [-0.39, 0.29) is 24.8 Å². The van der Waals surface area contributed by atoms with Crippen molar-refractivity contribution in [2.24, 2.45) is 5.92 Å². The van der Waals surface area contributed by atoms with Gasteiger partial charge in [-0.1, -0.05) is 25.0 Å². The molecule has 2 amide bonds. The van der Waals surface area contributed by atoms with E-state index in [0.29, 0.717) is 12.8 Å². The van der Waals surface area contributed by atoms with Crippen molar-refractivity contribution in [2.75, 3.05) is 6.54 Å². The van der Waals surface area contributed by atoms with E-state index in [1.54, 1.807) is 0 Å². The van der Waals surface area contributed by atoms with E-state index in [9.17, 15) is 24.6 Å². The van der Waals surface area contributed by atoms with Crippen LogP contribution in [0.1, 0.15) is 51.4 Å². The Morgan fingerprint density at radius 2 is 2.00 bits per heavy atom. The third-order valence-electron chi connectivity index (χ3n) is 5.52. The number of carbonyl (C=O) groups is 3. The molecule has 1 saturated heterocycles. The quantitative estimate of drug-likeness (QED) is 0.607. The van der Waals surface area contributed by atoms with Gasteiger partial charge in [0.15, 0.2) is 0 Å². The Hall–Kier alpha value is -1.89. The summed E-state index contributed by atoms with van der Waals surface area (Å²) in [6.45, 7) is 0.139. The van der Waals surface area contributed by atoms with Crippen LogP contribution < -0.4 is 5.32 Å². The van der Waals surface area contributed by atoms with Crippen LogP contribution in [0.25, 0.3) is 0 Å². The van der Waals surface area contributed by atoms with Gasteiger partial charge in [-0.2, -0.15) is 0 Å². The van der Waals surface area contributed by atoms with Crippen molar-refractivity contribution < 1.29 is 24.6 Å². The van der Waals surface area contributed by atoms with Crippen molar-refractivity contribution in [3.63, 3.8) is 0 Å². The summed E-state index contributed by atoms with van der Waals surface area (Å²) in [5.41, 5.74) is -1.27. The summed E-state index contributed by atoms with van der Waals surface area (Å²) in [7, 11) is 0. The van der Waals surface area contributed by atoms with Gasteiger partial charge < -0.3 is 20.4 Å². The maximum absolute atomic E-state index is 12.7. The lowest BCUT2D eigenvalue weighted by Crippen LogP contribution is -2.53. The Kier molecular flexibility index (Phi) is 5.13. The topological polar surface area (TPSA) is 107 Å². The first-order chi connectivity index (χ1) is 11.9. The zero-order valence-electron chi connectivity index (χ0n) is 14.3. The first-order valence-corrected chi connectivity index (χ1v) is 9.13. The van der Waals surface area contributed by atoms with Gasteiger partial charge >= 0.3 is 5.97 Å². The summed E-state index contributed by atoms with van der Waals surface area (Å²) in [5, 5.41) is 22.1. The van der Waals surface area contributed by atoms with Crippen molar-refractivity contribution in [1.29, 1.82) is 0 Å². The molecular weight excluding hydrogens is 324 g/mol. The first-order valence-electron chi connectivity index (χ1n) is 9.13. The third-order valence-corrected chi connectivity index (χ3v) is 5.52. The largest absolute Gasteiger partial charge is 0.479 e. The monoisotopic (exact) mass is 350 g/mol. The summed E-state index contributed by atoms with van der Waals surface area (Å²) in [6, 6.07) is -0.783. The van der Waals surface area contributed by atoms with E-state index in [0.717, 1.165) is 32.1 Å². The summed E-state index contributed by atoms with van der Waals surface area (Å²) in [5.74, 6) is -1.87. The molecule has 7 heteroatoms. The van der Waals surface area contributed by atoms with Gasteiger partial charge in [-0.15, -0.1) is 0 Å². The number of hydrogen-bond donors (Lipinski definition) is 3. The Bertz CT molecular complexity index is 590. The maximum Gasteiger partial charge on any atom is 0.330 e. The predicted octanol–water partition coefficient (Wildman–Crippen LogP) is 0.818. The van der Waals surface area contributed by atoms with Crippen molar-refractivity contribution in [1.82, 2.24) is 10.2 Å². The zero-order chi connectivity index (χ0) is 18.0. The molecule has 25 heavy (non-hydrogen) atoms. The van der Waals surface area contributed by atoms with Crippen LogP contribution in [0.3, 0.4) is 0 Å². The first kappa shape index (κ1) is 17.9. The second-order valence-electron chi connectivity index (χ2n) is 7.41. The number of carboxylic acid groups (broad SMARTS) is 1. The second-order valence-corrected chi connectivity index (χ2v) is 7.41. The number of hydrogen-bond acceptors (Lipinski definition) is 4. The second kappa shape index (κ2) is 7.15. The van der Waals surface area contributed by atoms with Crippen molar-refractivity contribution in [2.45, 2.75) is 69.1 Å². The zero-order valence-corrected chi connectivity index (χ0v) is 14.3. The van der Waals surface area contributed by atoms with E-state index >= 15 is 0 Å². The van der Waals surface area contributed by atoms with Gasteiger partial charge in [0, 0.05) is 25.3 Å². The van der Waals surface area contributed by atoms with Gasteiger partial charge in [-0.3, -0.25) is 9.59 Å². The number of rotatable bonds is 1. The van der Waals surface area contributed by atoms with Crippen LogP contribution in [0.2, 0.25) is 0 Å². The Morgan fingerprint density at radius 1 is 1.24 bits per heavy atom. The molecule has 3 N–H and O–H groups in total. The Balaban J connectivity index is 1.79. The number of carbonyl (C=O) groups excluding carboxylic acids is 2. The number of aliphatic hydroxyl groups is 1. The van der Waals surface area contributed by atoms with Gasteiger partial charge in [0.1, 0.15) is 11.6 Å². The number of amides is 2. The molecule has 0 aromatic carbocycles. The molecule has 7 nitrogen and oxygen atoms in total. The highest BCUT2D eigenvalue weighted by atomic mass is 16.4. The van der Waals surface area contributed by atoms with Crippen LogP contribution in [-0.4, -0.2) is 57.1 Å². The minimum absolute atomic E-state index is 0.138. The van der Waals surface area contributed by atoms with Crippen molar-refractivity contribution >= 4 is 17.8 Å². The summed E-state index contributed by atoms with van der Waals surface area (Å²) in [6.07, 6.45) is 8.67. The standard InChI is InChI=1S/C18H26N2O5/c21-13-9-14-16(23)19-18(17(24)25)10-12(18)7-5-3-1-2-4-6-8-15(22)20(14)11-13/h5,7,12-14,21H,1-4,6,8-11H2,(H,19,23)(H,24,25). The number of nitrogens with zero attached hydrogens (tertiary/aromatic N) is 1. The smallest absolute Gasteiger partial charge is 0.330 e. The molecule has 3 rings (SSSR count). The number of aliphatic hydroxyl groups excluding tert-OH is 1. The molecule has 138 valence electrons. The Labute approximate surface area is 147 Å². The van der Waals surface area contributed by atoms with E-state index in [2.05, 4.69) is 5.32 Å². The molecule has 4 unspecified atom stereocenters. The average Bonchev–Trinajstić information content (AvgIpc) is 3.11. The number of allylic oxidation sites excluding steroid dienone is 1. The fourth-order valence-electron chi connectivity index (χ4n) is 3.90. The molecule has 0 aromatic heterocycles. The summed E-state index contributed by atoms with van der Waals surface area (Å²) >= 11 is 0.